The highest BCUT2D eigenvalue weighted by Gasteiger charge is 2.16. The summed E-state index contributed by atoms with van der Waals surface area (Å²) in [4.78, 5) is 35.7. The fourth-order valence-electron chi connectivity index (χ4n) is 4.05. The molecule has 5 rings (SSSR count). The molecule has 2 aromatic heterocycles. The average Bonchev–Trinajstić information content (AvgIpc) is 3.41. The maximum atomic E-state index is 13.5. The zero-order valence-electron chi connectivity index (χ0n) is 21.8. The van der Waals surface area contributed by atoms with Crippen molar-refractivity contribution in [2.24, 2.45) is 0 Å². The standard InChI is InChI=1S/C29H26N4O4S2/c1-17-9-11-20(13-18(17)2)33-27(35)21-7-5-6-8-22(21)31-29(33)39-16-26(34)32-28-30-23(15-38-28)19-10-12-24(36-3)25(14-19)37-4/h5-15H,16H2,1-4H3,(H,30,32,34). The molecule has 39 heavy (non-hydrogen) atoms. The number of thiazole rings is 1. The Hall–Kier alpha value is -4.15. The van der Waals surface area contributed by atoms with Crippen LogP contribution in [-0.2, 0) is 4.79 Å². The zero-order valence-corrected chi connectivity index (χ0v) is 23.5. The Bertz CT molecular complexity index is 1750. The molecule has 0 saturated carbocycles. The molecule has 1 N–H and O–H groups in total. The number of carbonyl (C=O) groups is 1. The van der Waals surface area contributed by atoms with Gasteiger partial charge in [0.2, 0.25) is 5.91 Å². The first-order valence-electron chi connectivity index (χ1n) is 12.1. The van der Waals surface area contributed by atoms with Crippen molar-refractivity contribution in [2.75, 3.05) is 25.3 Å². The van der Waals surface area contributed by atoms with Crippen LogP contribution < -0.4 is 20.3 Å². The lowest BCUT2D eigenvalue weighted by Crippen LogP contribution is -2.23. The molecule has 0 spiro atoms. The van der Waals surface area contributed by atoms with Crippen molar-refractivity contribution < 1.29 is 14.3 Å². The molecule has 2 heterocycles. The van der Waals surface area contributed by atoms with E-state index in [0.29, 0.717) is 44.1 Å². The SMILES string of the molecule is COc1ccc(-c2csc(NC(=O)CSc3nc4ccccc4c(=O)n3-c3ccc(C)c(C)c3)n2)cc1OC. The van der Waals surface area contributed by atoms with Crippen LogP contribution in [-0.4, -0.2) is 40.4 Å². The van der Waals surface area contributed by atoms with E-state index in [1.165, 1.54) is 23.1 Å². The van der Waals surface area contributed by atoms with E-state index in [0.717, 1.165) is 16.7 Å². The summed E-state index contributed by atoms with van der Waals surface area (Å²) in [6.07, 6.45) is 0. The smallest absolute Gasteiger partial charge is 0.266 e. The minimum Gasteiger partial charge on any atom is -0.493 e. The molecule has 0 aliphatic rings. The molecule has 0 saturated heterocycles. The number of hydrogen-bond acceptors (Lipinski definition) is 8. The molecule has 0 fully saturated rings. The molecule has 198 valence electrons. The van der Waals surface area contributed by atoms with Crippen molar-refractivity contribution in [3.05, 3.63) is 87.5 Å². The molecular weight excluding hydrogens is 532 g/mol. The van der Waals surface area contributed by atoms with Gasteiger partial charge in [-0.15, -0.1) is 11.3 Å². The third-order valence-electron chi connectivity index (χ3n) is 6.26. The number of carbonyl (C=O) groups excluding carboxylic acids is 1. The Morgan fingerprint density at radius 2 is 1.77 bits per heavy atom. The number of aryl methyl sites for hydroxylation is 2. The maximum absolute atomic E-state index is 13.5. The van der Waals surface area contributed by atoms with Crippen molar-refractivity contribution in [1.29, 1.82) is 0 Å². The number of fused-ring (bicyclic) bond motifs is 1. The first-order chi connectivity index (χ1) is 18.9. The van der Waals surface area contributed by atoms with Crippen molar-refractivity contribution in [3.8, 4) is 28.4 Å². The lowest BCUT2D eigenvalue weighted by molar-refractivity contribution is -0.113. The van der Waals surface area contributed by atoms with Gasteiger partial charge in [-0.3, -0.25) is 14.2 Å². The Kier molecular flexibility index (Phi) is 7.67. The van der Waals surface area contributed by atoms with Gasteiger partial charge in [0.05, 0.1) is 42.3 Å². The highest BCUT2D eigenvalue weighted by molar-refractivity contribution is 7.99. The van der Waals surface area contributed by atoms with Crippen LogP contribution >= 0.6 is 23.1 Å². The number of nitrogens with one attached hydrogen (secondary N) is 1. The molecule has 10 heteroatoms. The highest BCUT2D eigenvalue weighted by Crippen LogP contribution is 2.33. The minimum atomic E-state index is -0.248. The summed E-state index contributed by atoms with van der Waals surface area (Å²) in [5.74, 6) is 1.04. The fraction of sp³-hybridized carbons (Fsp3) is 0.172. The van der Waals surface area contributed by atoms with Gasteiger partial charge in [-0.1, -0.05) is 30.0 Å². The predicted octanol–water partition coefficient (Wildman–Crippen LogP) is 5.87. The monoisotopic (exact) mass is 558 g/mol. The number of anilines is 1. The predicted molar refractivity (Wildman–Crippen MR) is 157 cm³/mol. The molecule has 0 atom stereocenters. The van der Waals surface area contributed by atoms with Gasteiger partial charge >= 0.3 is 0 Å². The summed E-state index contributed by atoms with van der Waals surface area (Å²) in [5.41, 5.74) is 4.88. The van der Waals surface area contributed by atoms with Gasteiger partial charge in [-0.2, -0.15) is 0 Å². The van der Waals surface area contributed by atoms with E-state index in [-0.39, 0.29) is 17.2 Å². The lowest BCUT2D eigenvalue weighted by Gasteiger charge is -2.14. The number of hydrogen-bond donors (Lipinski definition) is 1. The number of aromatic nitrogens is 3. The third kappa shape index (κ3) is 5.52. The lowest BCUT2D eigenvalue weighted by atomic mass is 10.1. The average molecular weight is 559 g/mol. The maximum Gasteiger partial charge on any atom is 0.266 e. The second-order valence-corrected chi connectivity index (χ2v) is 10.6. The topological polar surface area (TPSA) is 95.3 Å². The van der Waals surface area contributed by atoms with Gasteiger partial charge in [-0.25, -0.2) is 9.97 Å². The Morgan fingerprint density at radius 1 is 0.974 bits per heavy atom. The van der Waals surface area contributed by atoms with Crippen LogP contribution in [0.2, 0.25) is 0 Å². The number of benzene rings is 3. The Morgan fingerprint density at radius 3 is 2.54 bits per heavy atom. The van der Waals surface area contributed by atoms with Crippen LogP contribution in [0.15, 0.2) is 76.0 Å². The van der Waals surface area contributed by atoms with Gasteiger partial charge in [0.1, 0.15) is 0 Å². The zero-order chi connectivity index (χ0) is 27.5. The molecule has 1 amide bonds. The molecule has 0 unspecified atom stereocenters. The van der Waals surface area contributed by atoms with Crippen molar-refractivity contribution in [2.45, 2.75) is 19.0 Å². The first-order valence-corrected chi connectivity index (χ1v) is 13.9. The number of ether oxygens (including phenoxy) is 2. The van der Waals surface area contributed by atoms with E-state index in [1.54, 1.807) is 30.9 Å². The highest BCUT2D eigenvalue weighted by atomic mass is 32.2. The van der Waals surface area contributed by atoms with E-state index in [2.05, 4.69) is 10.3 Å². The number of para-hydroxylation sites is 1. The van der Waals surface area contributed by atoms with Gasteiger partial charge in [0, 0.05) is 10.9 Å². The number of thioether (sulfide) groups is 1. The second-order valence-electron chi connectivity index (χ2n) is 8.77. The van der Waals surface area contributed by atoms with Crippen molar-refractivity contribution in [3.63, 3.8) is 0 Å². The molecular formula is C29H26N4O4S2. The molecule has 5 aromatic rings. The Labute approximate surface area is 233 Å². The van der Waals surface area contributed by atoms with Crippen LogP contribution in [0.4, 0.5) is 5.13 Å². The Balaban J connectivity index is 1.37. The number of rotatable bonds is 8. The van der Waals surface area contributed by atoms with E-state index >= 15 is 0 Å². The largest absolute Gasteiger partial charge is 0.493 e. The van der Waals surface area contributed by atoms with Crippen LogP contribution in [0.1, 0.15) is 11.1 Å². The summed E-state index contributed by atoms with van der Waals surface area (Å²) in [6, 6.07) is 18.6. The van der Waals surface area contributed by atoms with Gasteiger partial charge in [-0.05, 0) is 67.4 Å². The van der Waals surface area contributed by atoms with E-state index in [1.807, 2.05) is 67.8 Å². The van der Waals surface area contributed by atoms with Gasteiger partial charge in [0.15, 0.2) is 21.8 Å². The summed E-state index contributed by atoms with van der Waals surface area (Å²) in [7, 11) is 3.16. The number of methoxy groups -OCH3 is 2. The minimum absolute atomic E-state index is 0.0564. The number of amides is 1. The van der Waals surface area contributed by atoms with Crippen molar-refractivity contribution >= 4 is 45.0 Å². The summed E-state index contributed by atoms with van der Waals surface area (Å²) < 4.78 is 12.3. The normalized spacial score (nSPS) is 11.0. The number of nitrogens with zero attached hydrogens (tertiary/aromatic N) is 3. The van der Waals surface area contributed by atoms with Crippen molar-refractivity contribution in [1.82, 2.24) is 14.5 Å². The first kappa shape index (κ1) is 26.5. The quantitative estimate of drug-likeness (QED) is 0.188. The second kappa shape index (κ2) is 11.3. The van der Waals surface area contributed by atoms with Gasteiger partial charge in [0.25, 0.3) is 5.56 Å². The van der Waals surface area contributed by atoms with E-state index in [4.69, 9.17) is 14.5 Å². The van der Waals surface area contributed by atoms with Crippen LogP contribution in [0.3, 0.4) is 0 Å². The van der Waals surface area contributed by atoms with Crippen LogP contribution in [0.5, 0.6) is 11.5 Å². The van der Waals surface area contributed by atoms with E-state index in [9.17, 15) is 9.59 Å². The van der Waals surface area contributed by atoms with Gasteiger partial charge < -0.3 is 14.8 Å². The molecule has 0 aliphatic carbocycles. The molecule has 0 radical (unpaired) electrons. The molecule has 0 aliphatic heterocycles. The summed E-state index contributed by atoms with van der Waals surface area (Å²) >= 11 is 2.54. The van der Waals surface area contributed by atoms with Crippen LogP contribution in [0.25, 0.3) is 27.8 Å². The third-order valence-corrected chi connectivity index (χ3v) is 7.95. The van der Waals surface area contributed by atoms with Crippen LogP contribution in [0, 0.1) is 13.8 Å². The fourth-order valence-corrected chi connectivity index (χ4v) is 5.59. The molecule has 8 nitrogen and oxygen atoms in total. The summed E-state index contributed by atoms with van der Waals surface area (Å²) in [6.45, 7) is 4.03. The van der Waals surface area contributed by atoms with E-state index < -0.39 is 0 Å². The summed E-state index contributed by atoms with van der Waals surface area (Å²) in [5, 5.41) is 6.17. The molecule has 3 aromatic carbocycles. The molecule has 0 bridgehead atoms.